The monoisotopic (exact) mass is 339 g/mol. The van der Waals surface area contributed by atoms with Crippen LogP contribution < -0.4 is 5.32 Å². The van der Waals surface area contributed by atoms with Crippen molar-refractivity contribution in [2.45, 2.75) is 35.6 Å². The number of nitrogens with one attached hydrogen (secondary N) is 1. The van der Waals surface area contributed by atoms with E-state index in [1.807, 2.05) is 0 Å². The van der Waals surface area contributed by atoms with Gasteiger partial charge < -0.3 is 5.32 Å². The van der Waals surface area contributed by atoms with Gasteiger partial charge in [-0.1, -0.05) is 6.07 Å². The van der Waals surface area contributed by atoms with Crippen LogP contribution in [0.3, 0.4) is 0 Å². The lowest BCUT2D eigenvalue weighted by atomic mass is 10.0. The number of amides is 1. The average molecular weight is 339 g/mol. The smallest absolute Gasteiger partial charge is 0.220 e. The molecule has 0 saturated heterocycles. The summed E-state index contributed by atoms with van der Waals surface area (Å²) < 4.78 is 24.2. The van der Waals surface area contributed by atoms with Crippen molar-refractivity contribution in [2.24, 2.45) is 10.2 Å². The summed E-state index contributed by atoms with van der Waals surface area (Å²) in [5.41, 5.74) is -0.479. The molecule has 1 aliphatic rings. The molecule has 1 aromatic heterocycles. The molecule has 0 spiro atoms. The van der Waals surface area contributed by atoms with E-state index >= 15 is 0 Å². The largest absolute Gasteiger partial charge is 0.355 e. The molecule has 0 saturated carbocycles. The molecule has 1 amide bonds. The van der Waals surface area contributed by atoms with Gasteiger partial charge in [-0.2, -0.15) is 10.2 Å². The Kier molecular flexibility index (Phi) is 5.32. The Morgan fingerprint density at radius 2 is 2.18 bits per heavy atom. The van der Waals surface area contributed by atoms with Gasteiger partial charge in [0.15, 0.2) is 15.5 Å². The zero-order chi connectivity index (χ0) is 16.1. The number of rotatable bonds is 9. The van der Waals surface area contributed by atoms with Crippen LogP contribution in [-0.4, -0.2) is 32.3 Å². The van der Waals surface area contributed by atoms with Gasteiger partial charge in [-0.05, 0) is 11.4 Å². The molecular weight excluding hydrogens is 322 g/mol. The Hall–Kier alpha value is -1.72. The van der Waals surface area contributed by atoms with Crippen LogP contribution in [0.5, 0.6) is 0 Å². The van der Waals surface area contributed by atoms with Crippen LogP contribution >= 0.6 is 11.3 Å². The molecule has 0 fully saturated rings. The maximum absolute atomic E-state index is 11.9. The number of sulfone groups is 1. The molecule has 2 heterocycles. The molecule has 2 rings (SSSR count). The average Bonchev–Trinajstić information content (AvgIpc) is 3.01. The van der Waals surface area contributed by atoms with Crippen molar-refractivity contribution < 1.29 is 13.2 Å². The minimum Gasteiger partial charge on any atom is -0.355 e. The first-order chi connectivity index (χ1) is 10.5. The van der Waals surface area contributed by atoms with E-state index in [1.54, 1.807) is 17.5 Å². The molecule has 0 atom stereocenters. The van der Waals surface area contributed by atoms with E-state index in [1.165, 1.54) is 11.3 Å². The first kappa shape index (κ1) is 16.6. The van der Waals surface area contributed by atoms with Crippen LogP contribution in [0, 0.1) is 12.3 Å². The van der Waals surface area contributed by atoms with Gasteiger partial charge in [0.2, 0.25) is 5.91 Å². The molecular formula is C14H17N3O3S2. The number of terminal acetylenes is 1. The molecule has 1 N–H and O–H groups in total. The molecule has 0 bridgehead atoms. The molecule has 1 aromatic rings. The highest BCUT2D eigenvalue weighted by Gasteiger charge is 2.39. The molecule has 0 aliphatic carbocycles. The van der Waals surface area contributed by atoms with Crippen molar-refractivity contribution in [1.29, 1.82) is 0 Å². The third-order valence-electron chi connectivity index (χ3n) is 3.30. The molecule has 0 aromatic carbocycles. The number of hydrogen-bond acceptors (Lipinski definition) is 6. The highest BCUT2D eigenvalue weighted by Crippen LogP contribution is 2.37. The molecule has 0 unspecified atom stereocenters. The number of carbonyl (C=O) groups excluding carboxylic acids is 1. The summed E-state index contributed by atoms with van der Waals surface area (Å²) in [7, 11) is -3.31. The molecule has 1 aliphatic heterocycles. The summed E-state index contributed by atoms with van der Waals surface area (Å²) in [6.07, 6.45) is 7.20. The van der Waals surface area contributed by atoms with Crippen molar-refractivity contribution in [3.63, 3.8) is 0 Å². The van der Waals surface area contributed by atoms with E-state index in [-0.39, 0.29) is 24.6 Å². The summed E-state index contributed by atoms with van der Waals surface area (Å²) in [5.74, 6) is 2.23. The van der Waals surface area contributed by atoms with Crippen LogP contribution in [0.1, 0.15) is 25.7 Å². The summed E-state index contributed by atoms with van der Waals surface area (Å²) in [6, 6.07) is 3.25. The van der Waals surface area contributed by atoms with E-state index in [2.05, 4.69) is 21.5 Å². The Balaban J connectivity index is 1.67. The third-order valence-corrected chi connectivity index (χ3v) is 6.50. The van der Waals surface area contributed by atoms with Gasteiger partial charge in [0.25, 0.3) is 0 Å². The normalized spacial score (nSPS) is 15.2. The first-order valence-corrected chi connectivity index (χ1v) is 9.41. The first-order valence-electron chi connectivity index (χ1n) is 6.88. The minimum absolute atomic E-state index is 0.101. The molecule has 8 heteroatoms. The summed E-state index contributed by atoms with van der Waals surface area (Å²) in [6.45, 7) is 0.102. The van der Waals surface area contributed by atoms with Gasteiger partial charge in [0.1, 0.15) is 4.21 Å². The zero-order valence-corrected chi connectivity index (χ0v) is 13.6. The maximum Gasteiger partial charge on any atom is 0.220 e. The fourth-order valence-electron chi connectivity index (χ4n) is 1.94. The highest BCUT2D eigenvalue weighted by atomic mass is 32.2. The lowest BCUT2D eigenvalue weighted by Gasteiger charge is -2.09. The maximum atomic E-state index is 11.9. The van der Waals surface area contributed by atoms with E-state index in [0.717, 1.165) is 0 Å². The van der Waals surface area contributed by atoms with E-state index in [0.29, 0.717) is 23.5 Å². The topological polar surface area (TPSA) is 88.0 Å². The lowest BCUT2D eigenvalue weighted by Crippen LogP contribution is -2.29. The van der Waals surface area contributed by atoms with Crippen LogP contribution in [0.25, 0.3) is 0 Å². The van der Waals surface area contributed by atoms with Gasteiger partial charge in [0.05, 0.1) is 5.75 Å². The standard InChI is InChI=1S/C14H17N3O3S2/c1-2-3-7-14(16-17-14)8-6-12(18)15-9-11-22(19,20)13-5-4-10-21-13/h1,4-5,10H,3,6-9,11H2,(H,15,18). The van der Waals surface area contributed by atoms with Gasteiger partial charge in [-0.3, -0.25) is 4.79 Å². The SMILES string of the molecule is C#CCCC1(CCC(=O)NCCS(=O)(=O)c2cccs2)N=N1. The minimum atomic E-state index is -3.31. The zero-order valence-electron chi connectivity index (χ0n) is 12.0. The van der Waals surface area contributed by atoms with Gasteiger partial charge in [-0.15, -0.1) is 23.7 Å². The van der Waals surface area contributed by atoms with Crippen molar-refractivity contribution in [3.8, 4) is 12.3 Å². The fourth-order valence-corrected chi connectivity index (χ4v) is 4.25. The van der Waals surface area contributed by atoms with Crippen LogP contribution in [-0.2, 0) is 14.6 Å². The van der Waals surface area contributed by atoms with Crippen LogP contribution in [0.2, 0.25) is 0 Å². The summed E-state index contributed by atoms with van der Waals surface area (Å²) in [4.78, 5) is 11.7. The second-order valence-electron chi connectivity index (χ2n) is 4.99. The van der Waals surface area contributed by atoms with E-state index in [9.17, 15) is 13.2 Å². The summed E-state index contributed by atoms with van der Waals surface area (Å²) in [5, 5.41) is 12.2. The summed E-state index contributed by atoms with van der Waals surface area (Å²) >= 11 is 1.18. The predicted octanol–water partition coefficient (Wildman–Crippen LogP) is 1.99. The Morgan fingerprint density at radius 1 is 1.41 bits per heavy atom. The van der Waals surface area contributed by atoms with Crippen LogP contribution in [0.15, 0.2) is 32.0 Å². The highest BCUT2D eigenvalue weighted by molar-refractivity contribution is 7.93. The quantitative estimate of drug-likeness (QED) is 0.698. The Morgan fingerprint density at radius 3 is 2.77 bits per heavy atom. The van der Waals surface area contributed by atoms with E-state index < -0.39 is 15.5 Å². The third kappa shape index (κ3) is 4.64. The molecule has 22 heavy (non-hydrogen) atoms. The van der Waals surface area contributed by atoms with Crippen LogP contribution in [0.4, 0.5) is 0 Å². The van der Waals surface area contributed by atoms with E-state index in [4.69, 9.17) is 6.42 Å². The predicted molar refractivity (Wildman–Crippen MR) is 84.3 cm³/mol. The van der Waals surface area contributed by atoms with Crippen molar-refractivity contribution in [1.82, 2.24) is 5.32 Å². The fraction of sp³-hybridized carbons (Fsp3) is 0.500. The van der Waals surface area contributed by atoms with Crippen molar-refractivity contribution >= 4 is 27.1 Å². The second-order valence-corrected chi connectivity index (χ2v) is 8.27. The molecule has 6 nitrogen and oxygen atoms in total. The Labute approximate surface area is 133 Å². The molecule has 0 radical (unpaired) electrons. The van der Waals surface area contributed by atoms with Crippen molar-refractivity contribution in [3.05, 3.63) is 17.5 Å². The van der Waals surface area contributed by atoms with Gasteiger partial charge in [0, 0.05) is 32.2 Å². The number of thiophene rings is 1. The number of hydrogen-bond donors (Lipinski definition) is 1. The Bertz CT molecular complexity index is 681. The van der Waals surface area contributed by atoms with Gasteiger partial charge >= 0.3 is 0 Å². The lowest BCUT2D eigenvalue weighted by molar-refractivity contribution is -0.121. The molecule has 118 valence electrons. The number of nitrogens with zero attached hydrogens (tertiary/aromatic N) is 2. The van der Waals surface area contributed by atoms with Gasteiger partial charge in [-0.25, -0.2) is 8.42 Å². The second kappa shape index (κ2) is 7.03. The van der Waals surface area contributed by atoms with Crippen molar-refractivity contribution in [2.75, 3.05) is 12.3 Å². The number of carbonyl (C=O) groups is 1.